The van der Waals surface area contributed by atoms with Crippen molar-refractivity contribution in [3.63, 3.8) is 0 Å². The highest BCUT2D eigenvalue weighted by Crippen LogP contribution is 2.15. The van der Waals surface area contributed by atoms with E-state index in [4.69, 9.17) is 0 Å². The molecule has 1 rings (SSSR count). The van der Waals surface area contributed by atoms with Gasteiger partial charge in [-0.15, -0.1) is 13.2 Å². The zero-order chi connectivity index (χ0) is 14.1. The summed E-state index contributed by atoms with van der Waals surface area (Å²) in [7, 11) is 0. The van der Waals surface area contributed by atoms with E-state index in [0.717, 1.165) is 10.9 Å². The normalized spacial score (nSPS) is 9.74. The van der Waals surface area contributed by atoms with Crippen LogP contribution in [0.3, 0.4) is 0 Å². The van der Waals surface area contributed by atoms with Crippen LogP contribution in [0.15, 0.2) is 54.0 Å². The molecule has 2 amide bonds. The number of carbonyl (C=O) groups is 1. The number of hydrogen-bond donors (Lipinski definition) is 1. The van der Waals surface area contributed by atoms with Gasteiger partial charge in [0, 0.05) is 24.1 Å². The van der Waals surface area contributed by atoms with Gasteiger partial charge in [0.2, 0.25) is 0 Å². The summed E-state index contributed by atoms with van der Waals surface area (Å²) in [4.78, 5) is 13.6. The first-order valence-corrected chi connectivity index (χ1v) is 6.96. The van der Waals surface area contributed by atoms with Gasteiger partial charge in [0.05, 0.1) is 0 Å². The molecular weight excluding hydrogens is 304 g/mol. The number of hydrogen-bond acceptors (Lipinski definition) is 1. The average molecular weight is 323 g/mol. The van der Waals surface area contributed by atoms with Crippen LogP contribution in [0, 0.1) is 0 Å². The van der Waals surface area contributed by atoms with E-state index in [1.807, 2.05) is 24.3 Å². The summed E-state index contributed by atoms with van der Waals surface area (Å²) in [6.45, 7) is 8.93. The SMILES string of the molecule is C=CCN(CC=C)C(=O)NCCc1ccccc1Br. The van der Waals surface area contributed by atoms with Gasteiger partial charge < -0.3 is 10.2 Å². The van der Waals surface area contributed by atoms with E-state index in [9.17, 15) is 4.79 Å². The Morgan fingerprint density at radius 3 is 2.47 bits per heavy atom. The fourth-order valence-corrected chi connectivity index (χ4v) is 2.15. The Morgan fingerprint density at radius 2 is 1.89 bits per heavy atom. The van der Waals surface area contributed by atoms with Gasteiger partial charge in [-0.25, -0.2) is 4.79 Å². The number of benzene rings is 1. The number of nitrogens with one attached hydrogen (secondary N) is 1. The lowest BCUT2D eigenvalue weighted by Crippen LogP contribution is -2.40. The number of rotatable bonds is 7. The number of halogens is 1. The summed E-state index contributed by atoms with van der Waals surface area (Å²) in [5.41, 5.74) is 1.18. The molecule has 1 N–H and O–H groups in total. The molecule has 0 radical (unpaired) electrons. The standard InChI is InChI=1S/C15H19BrN2O/c1-3-11-18(12-4-2)15(19)17-10-9-13-7-5-6-8-14(13)16/h3-8H,1-2,9-12H2,(H,17,19). The Hall–Kier alpha value is -1.55. The zero-order valence-corrected chi connectivity index (χ0v) is 12.5. The molecule has 0 aliphatic carbocycles. The van der Waals surface area contributed by atoms with Crippen LogP contribution < -0.4 is 5.32 Å². The monoisotopic (exact) mass is 322 g/mol. The Balaban J connectivity index is 2.43. The van der Waals surface area contributed by atoms with Gasteiger partial charge in [0.25, 0.3) is 0 Å². The Morgan fingerprint density at radius 1 is 1.26 bits per heavy atom. The number of nitrogens with zero attached hydrogens (tertiary/aromatic N) is 1. The highest BCUT2D eigenvalue weighted by atomic mass is 79.9. The summed E-state index contributed by atoms with van der Waals surface area (Å²) in [6, 6.07) is 7.92. The van der Waals surface area contributed by atoms with Crippen LogP contribution in [-0.2, 0) is 6.42 Å². The molecule has 102 valence electrons. The number of carbonyl (C=O) groups excluding carboxylic acids is 1. The highest BCUT2D eigenvalue weighted by molar-refractivity contribution is 9.10. The molecule has 3 nitrogen and oxygen atoms in total. The summed E-state index contributed by atoms with van der Waals surface area (Å²) < 4.78 is 1.07. The van der Waals surface area contributed by atoms with Crippen molar-refractivity contribution < 1.29 is 4.79 Å². The Bertz CT molecular complexity index is 436. The van der Waals surface area contributed by atoms with Crippen LogP contribution >= 0.6 is 15.9 Å². The van der Waals surface area contributed by atoms with Gasteiger partial charge in [-0.05, 0) is 18.1 Å². The molecule has 0 saturated heterocycles. The van der Waals surface area contributed by atoms with E-state index in [-0.39, 0.29) is 6.03 Å². The van der Waals surface area contributed by atoms with Gasteiger partial charge in [0.15, 0.2) is 0 Å². The summed E-state index contributed by atoms with van der Waals surface area (Å²) in [5.74, 6) is 0. The second-order valence-electron chi connectivity index (χ2n) is 4.06. The van der Waals surface area contributed by atoms with Crippen LogP contribution in [0.1, 0.15) is 5.56 Å². The van der Waals surface area contributed by atoms with Crippen LogP contribution in [-0.4, -0.2) is 30.6 Å². The van der Waals surface area contributed by atoms with Crippen LogP contribution in [0.4, 0.5) is 4.79 Å². The van der Waals surface area contributed by atoms with Crippen molar-refractivity contribution in [1.82, 2.24) is 10.2 Å². The Kier molecular flexibility index (Phi) is 6.97. The molecule has 0 aliphatic rings. The third-order valence-corrected chi connectivity index (χ3v) is 3.39. The maximum Gasteiger partial charge on any atom is 0.317 e. The molecule has 0 fully saturated rings. The summed E-state index contributed by atoms with van der Waals surface area (Å²) in [5, 5.41) is 2.90. The molecule has 0 atom stereocenters. The van der Waals surface area contributed by atoms with E-state index in [0.29, 0.717) is 19.6 Å². The molecule has 1 aromatic rings. The molecule has 19 heavy (non-hydrogen) atoms. The van der Waals surface area contributed by atoms with Gasteiger partial charge >= 0.3 is 6.03 Å². The quantitative estimate of drug-likeness (QED) is 0.767. The van der Waals surface area contributed by atoms with Crippen LogP contribution in [0.5, 0.6) is 0 Å². The van der Waals surface area contributed by atoms with Gasteiger partial charge in [-0.3, -0.25) is 0 Å². The lowest BCUT2D eigenvalue weighted by Gasteiger charge is -2.19. The van der Waals surface area contributed by atoms with Crippen molar-refractivity contribution in [2.75, 3.05) is 19.6 Å². The molecule has 0 saturated carbocycles. The topological polar surface area (TPSA) is 32.3 Å². The second kappa shape index (κ2) is 8.53. The van der Waals surface area contributed by atoms with E-state index in [1.54, 1.807) is 17.1 Å². The van der Waals surface area contributed by atoms with E-state index >= 15 is 0 Å². The van der Waals surface area contributed by atoms with E-state index in [1.165, 1.54) is 5.56 Å². The van der Waals surface area contributed by atoms with Gasteiger partial charge in [0.1, 0.15) is 0 Å². The highest BCUT2D eigenvalue weighted by Gasteiger charge is 2.09. The minimum absolute atomic E-state index is 0.0909. The van der Waals surface area contributed by atoms with E-state index < -0.39 is 0 Å². The van der Waals surface area contributed by atoms with E-state index in [2.05, 4.69) is 34.4 Å². The predicted octanol–water partition coefficient (Wildman–Crippen LogP) is 3.38. The third kappa shape index (κ3) is 5.30. The number of amides is 2. The van der Waals surface area contributed by atoms with Crippen molar-refractivity contribution >= 4 is 22.0 Å². The zero-order valence-electron chi connectivity index (χ0n) is 10.9. The third-order valence-electron chi connectivity index (χ3n) is 2.61. The minimum atomic E-state index is -0.0909. The summed E-state index contributed by atoms with van der Waals surface area (Å²) in [6.07, 6.45) is 4.21. The first-order chi connectivity index (χ1) is 9.19. The van der Waals surface area contributed by atoms with Crippen molar-refractivity contribution in [1.29, 1.82) is 0 Å². The molecule has 0 heterocycles. The molecule has 0 bridgehead atoms. The maximum atomic E-state index is 11.9. The van der Waals surface area contributed by atoms with Crippen LogP contribution in [0.2, 0.25) is 0 Å². The van der Waals surface area contributed by atoms with Crippen molar-refractivity contribution in [2.45, 2.75) is 6.42 Å². The molecule has 4 heteroatoms. The average Bonchev–Trinajstić information content (AvgIpc) is 2.40. The van der Waals surface area contributed by atoms with Crippen molar-refractivity contribution in [3.05, 3.63) is 59.6 Å². The first kappa shape index (κ1) is 15.5. The van der Waals surface area contributed by atoms with Crippen molar-refractivity contribution in [2.24, 2.45) is 0 Å². The molecule has 0 aromatic heterocycles. The molecule has 0 unspecified atom stereocenters. The molecule has 0 spiro atoms. The fourth-order valence-electron chi connectivity index (χ4n) is 1.67. The van der Waals surface area contributed by atoms with Crippen molar-refractivity contribution in [3.8, 4) is 0 Å². The van der Waals surface area contributed by atoms with Gasteiger partial charge in [-0.1, -0.05) is 46.3 Å². The Labute approximate surface area is 123 Å². The molecule has 0 aliphatic heterocycles. The molecule has 1 aromatic carbocycles. The van der Waals surface area contributed by atoms with Crippen LogP contribution in [0.25, 0.3) is 0 Å². The predicted molar refractivity (Wildman–Crippen MR) is 83.2 cm³/mol. The largest absolute Gasteiger partial charge is 0.338 e. The lowest BCUT2D eigenvalue weighted by atomic mass is 10.1. The minimum Gasteiger partial charge on any atom is -0.338 e. The smallest absolute Gasteiger partial charge is 0.317 e. The lowest BCUT2D eigenvalue weighted by molar-refractivity contribution is 0.208. The number of urea groups is 1. The maximum absolute atomic E-state index is 11.9. The first-order valence-electron chi connectivity index (χ1n) is 6.17. The summed E-state index contributed by atoms with van der Waals surface area (Å²) >= 11 is 3.49. The van der Waals surface area contributed by atoms with Gasteiger partial charge in [-0.2, -0.15) is 0 Å². The second-order valence-corrected chi connectivity index (χ2v) is 4.91. The molecular formula is C15H19BrN2O. The fraction of sp³-hybridized carbons (Fsp3) is 0.267.